The zero-order valence-electron chi connectivity index (χ0n) is 13.5. The molecule has 0 aromatic heterocycles. The predicted octanol–water partition coefficient (Wildman–Crippen LogP) is 1.66. The summed E-state index contributed by atoms with van der Waals surface area (Å²) in [4.78, 5) is 24.5. The largest absolute Gasteiger partial charge is 0.497 e. The fourth-order valence-corrected chi connectivity index (χ4v) is 2.19. The summed E-state index contributed by atoms with van der Waals surface area (Å²) >= 11 is 0. The highest BCUT2D eigenvalue weighted by Gasteiger charge is 2.16. The molecule has 2 aromatic rings. The number of methoxy groups -OCH3 is 2. The number of amides is 1. The van der Waals surface area contributed by atoms with Gasteiger partial charge in [-0.1, -0.05) is 12.1 Å². The molecule has 0 saturated carbocycles. The van der Waals surface area contributed by atoms with E-state index in [0.29, 0.717) is 28.2 Å². The van der Waals surface area contributed by atoms with E-state index < -0.39 is 0 Å². The van der Waals surface area contributed by atoms with Crippen LogP contribution in [0.4, 0.5) is 0 Å². The molecule has 0 aliphatic carbocycles. The van der Waals surface area contributed by atoms with Gasteiger partial charge in [-0.15, -0.1) is 0 Å². The Bertz CT molecular complexity index is 725. The third-order valence-electron chi connectivity index (χ3n) is 3.46. The maximum absolute atomic E-state index is 12.7. The molecule has 0 spiro atoms. The Balaban J connectivity index is 2.26. The number of benzene rings is 2. The van der Waals surface area contributed by atoms with E-state index in [4.69, 9.17) is 14.6 Å². The summed E-state index contributed by atoms with van der Waals surface area (Å²) in [5, 5.41) is 11.3. The number of aliphatic hydroxyl groups is 1. The van der Waals surface area contributed by atoms with Gasteiger partial charge in [0.05, 0.1) is 26.4 Å². The smallest absolute Gasteiger partial charge is 0.251 e. The lowest BCUT2D eigenvalue weighted by Crippen LogP contribution is -2.26. The van der Waals surface area contributed by atoms with E-state index in [-0.39, 0.29) is 24.8 Å². The van der Waals surface area contributed by atoms with Crippen molar-refractivity contribution in [3.8, 4) is 11.5 Å². The molecule has 0 atom stereocenters. The Hall–Kier alpha value is -2.86. The fourth-order valence-electron chi connectivity index (χ4n) is 2.19. The second-order valence-electron chi connectivity index (χ2n) is 4.95. The monoisotopic (exact) mass is 329 g/mol. The molecule has 2 rings (SSSR count). The van der Waals surface area contributed by atoms with Crippen molar-refractivity contribution < 1.29 is 24.2 Å². The maximum atomic E-state index is 12.7. The Labute approximate surface area is 140 Å². The van der Waals surface area contributed by atoms with Crippen LogP contribution in [-0.4, -0.2) is 44.2 Å². The number of carbonyl (C=O) groups is 2. The van der Waals surface area contributed by atoms with Crippen molar-refractivity contribution in [1.82, 2.24) is 5.32 Å². The van der Waals surface area contributed by atoms with E-state index >= 15 is 0 Å². The van der Waals surface area contributed by atoms with Crippen LogP contribution in [0, 0.1) is 0 Å². The molecule has 6 nitrogen and oxygen atoms in total. The van der Waals surface area contributed by atoms with Crippen LogP contribution >= 0.6 is 0 Å². The topological polar surface area (TPSA) is 84.9 Å². The second-order valence-corrected chi connectivity index (χ2v) is 4.95. The van der Waals surface area contributed by atoms with Crippen molar-refractivity contribution in [3.05, 3.63) is 59.2 Å². The standard InChI is InChI=1S/C18H19NO5/c1-23-14-7-8-16(24-2)15(11-14)17(21)12-3-5-13(6-4-12)18(22)19-9-10-20/h3-8,11,20H,9-10H2,1-2H3,(H,19,22). The van der Waals surface area contributed by atoms with Crippen LogP contribution in [0.5, 0.6) is 11.5 Å². The number of hydrogen-bond donors (Lipinski definition) is 2. The third kappa shape index (κ3) is 3.91. The first-order valence-electron chi connectivity index (χ1n) is 7.36. The number of carbonyl (C=O) groups excluding carboxylic acids is 2. The highest BCUT2D eigenvalue weighted by Crippen LogP contribution is 2.26. The molecule has 0 bridgehead atoms. The first-order valence-corrected chi connectivity index (χ1v) is 7.36. The number of hydrogen-bond acceptors (Lipinski definition) is 5. The molecule has 1 amide bonds. The van der Waals surface area contributed by atoms with E-state index in [2.05, 4.69) is 5.32 Å². The molecule has 0 aliphatic rings. The highest BCUT2D eigenvalue weighted by molar-refractivity contribution is 6.11. The average molecular weight is 329 g/mol. The van der Waals surface area contributed by atoms with Crippen molar-refractivity contribution in [2.45, 2.75) is 0 Å². The van der Waals surface area contributed by atoms with Crippen molar-refractivity contribution in [2.75, 3.05) is 27.4 Å². The molecule has 0 unspecified atom stereocenters. The Kier molecular flexibility index (Phi) is 5.92. The Morgan fingerprint density at radius 2 is 1.67 bits per heavy atom. The fraction of sp³-hybridized carbons (Fsp3) is 0.222. The van der Waals surface area contributed by atoms with E-state index in [1.807, 2.05) is 0 Å². The first-order chi connectivity index (χ1) is 11.6. The lowest BCUT2D eigenvalue weighted by molar-refractivity contribution is 0.0943. The molecule has 0 radical (unpaired) electrons. The van der Waals surface area contributed by atoms with E-state index in [1.165, 1.54) is 14.2 Å². The van der Waals surface area contributed by atoms with Crippen LogP contribution in [0.1, 0.15) is 26.3 Å². The number of ketones is 1. The quantitative estimate of drug-likeness (QED) is 0.755. The molecule has 2 aromatic carbocycles. The number of nitrogens with one attached hydrogen (secondary N) is 1. The summed E-state index contributed by atoms with van der Waals surface area (Å²) in [5.74, 6) is 0.472. The molecular formula is C18H19NO5. The minimum atomic E-state index is -0.304. The van der Waals surface area contributed by atoms with Gasteiger partial charge >= 0.3 is 0 Å². The zero-order chi connectivity index (χ0) is 17.5. The summed E-state index contributed by atoms with van der Waals surface area (Å²) in [6.07, 6.45) is 0. The summed E-state index contributed by atoms with van der Waals surface area (Å²) in [6, 6.07) is 11.3. The highest BCUT2D eigenvalue weighted by atomic mass is 16.5. The number of ether oxygens (including phenoxy) is 2. The predicted molar refractivity (Wildman–Crippen MR) is 88.8 cm³/mol. The van der Waals surface area contributed by atoms with Crippen LogP contribution in [0.2, 0.25) is 0 Å². The maximum Gasteiger partial charge on any atom is 0.251 e. The molecule has 126 valence electrons. The van der Waals surface area contributed by atoms with E-state index in [1.54, 1.807) is 42.5 Å². The third-order valence-corrected chi connectivity index (χ3v) is 3.46. The molecule has 0 fully saturated rings. The summed E-state index contributed by atoms with van der Waals surface area (Å²) in [7, 11) is 3.02. The summed E-state index contributed by atoms with van der Waals surface area (Å²) in [5.41, 5.74) is 1.23. The first kappa shape index (κ1) is 17.5. The molecular weight excluding hydrogens is 310 g/mol. The number of rotatable bonds is 7. The van der Waals surface area contributed by atoms with Crippen molar-refractivity contribution in [2.24, 2.45) is 0 Å². The summed E-state index contributed by atoms with van der Waals surface area (Å²) < 4.78 is 10.4. The number of aliphatic hydroxyl groups excluding tert-OH is 1. The van der Waals surface area contributed by atoms with Gasteiger partial charge in [-0.2, -0.15) is 0 Å². The van der Waals surface area contributed by atoms with Crippen molar-refractivity contribution in [1.29, 1.82) is 0 Å². The van der Waals surface area contributed by atoms with Gasteiger partial charge in [0.25, 0.3) is 5.91 Å². The minimum absolute atomic E-state index is 0.127. The molecule has 24 heavy (non-hydrogen) atoms. The normalized spacial score (nSPS) is 10.1. The minimum Gasteiger partial charge on any atom is -0.497 e. The van der Waals surface area contributed by atoms with Crippen LogP contribution < -0.4 is 14.8 Å². The van der Waals surface area contributed by atoms with E-state index in [9.17, 15) is 9.59 Å². The van der Waals surface area contributed by atoms with E-state index in [0.717, 1.165) is 0 Å². The SMILES string of the molecule is COc1ccc(OC)c(C(=O)c2ccc(C(=O)NCCO)cc2)c1. The van der Waals surface area contributed by atoms with Crippen molar-refractivity contribution in [3.63, 3.8) is 0 Å². The van der Waals surface area contributed by atoms with Gasteiger partial charge in [0.2, 0.25) is 0 Å². The van der Waals surface area contributed by atoms with Gasteiger partial charge in [0.1, 0.15) is 11.5 Å². The lowest BCUT2D eigenvalue weighted by atomic mass is 10.0. The van der Waals surface area contributed by atoms with Gasteiger partial charge in [0.15, 0.2) is 5.78 Å². The van der Waals surface area contributed by atoms with Gasteiger partial charge in [-0.25, -0.2) is 0 Å². The van der Waals surface area contributed by atoms with Crippen LogP contribution in [0.3, 0.4) is 0 Å². The summed E-state index contributed by atoms with van der Waals surface area (Å²) in [6.45, 7) is 0.0540. The lowest BCUT2D eigenvalue weighted by Gasteiger charge is -2.10. The molecule has 2 N–H and O–H groups in total. The average Bonchev–Trinajstić information content (AvgIpc) is 2.65. The van der Waals surface area contributed by atoms with Crippen LogP contribution in [-0.2, 0) is 0 Å². The molecule has 0 heterocycles. The Morgan fingerprint density at radius 3 is 2.25 bits per heavy atom. The Morgan fingerprint density at radius 1 is 1.00 bits per heavy atom. The van der Waals surface area contributed by atoms with Gasteiger partial charge in [-0.05, 0) is 30.3 Å². The van der Waals surface area contributed by atoms with Gasteiger partial charge in [0, 0.05) is 17.7 Å². The second kappa shape index (κ2) is 8.12. The molecule has 0 aliphatic heterocycles. The van der Waals surface area contributed by atoms with Crippen molar-refractivity contribution >= 4 is 11.7 Å². The zero-order valence-corrected chi connectivity index (χ0v) is 13.5. The molecule has 0 saturated heterocycles. The molecule has 6 heteroatoms. The van der Waals surface area contributed by atoms with Crippen LogP contribution in [0.15, 0.2) is 42.5 Å². The van der Waals surface area contributed by atoms with Crippen LogP contribution in [0.25, 0.3) is 0 Å². The van der Waals surface area contributed by atoms with Gasteiger partial charge in [-0.3, -0.25) is 9.59 Å². The van der Waals surface area contributed by atoms with Gasteiger partial charge < -0.3 is 19.9 Å².